The smallest absolute Gasteiger partial charge is 0.0198 e. The molecule has 1 aromatic rings. The molecule has 0 radical (unpaired) electrons. The molecule has 0 aromatic heterocycles. The fraction of sp³-hybridized carbons (Fsp3) is 0.647. The van der Waals surface area contributed by atoms with Gasteiger partial charge in [-0.05, 0) is 44.7 Å². The molecular weight excluding hydrogens is 250 g/mol. The molecule has 0 aliphatic carbocycles. The first-order valence-electron chi connectivity index (χ1n) is 7.21. The van der Waals surface area contributed by atoms with Crippen LogP contribution in [-0.2, 0) is 5.75 Å². The van der Waals surface area contributed by atoms with E-state index >= 15 is 0 Å². The van der Waals surface area contributed by atoms with Gasteiger partial charge in [-0.15, -0.1) is 0 Å². The zero-order valence-corrected chi connectivity index (χ0v) is 14.1. The van der Waals surface area contributed by atoms with Gasteiger partial charge in [0.05, 0.1) is 0 Å². The molecule has 1 N–H and O–H groups in total. The zero-order chi connectivity index (χ0) is 14.5. The monoisotopic (exact) mass is 279 g/mol. The van der Waals surface area contributed by atoms with E-state index in [1.807, 2.05) is 0 Å². The first kappa shape index (κ1) is 16.6. The molecule has 108 valence electrons. The number of hydrogen-bond donors (Lipinski definition) is 1. The van der Waals surface area contributed by atoms with Crippen molar-refractivity contribution in [3.05, 3.63) is 35.4 Å². The summed E-state index contributed by atoms with van der Waals surface area (Å²) in [6, 6.07) is 8.70. The molecule has 0 aliphatic rings. The van der Waals surface area contributed by atoms with E-state index in [1.165, 1.54) is 11.1 Å². The SMILES string of the molecule is Cc1ccccc1CSC(CNC(C)(C)C)C(C)C. The Morgan fingerprint density at radius 3 is 2.32 bits per heavy atom. The van der Waals surface area contributed by atoms with Crippen molar-refractivity contribution in [3.8, 4) is 0 Å². The average Bonchev–Trinajstić information content (AvgIpc) is 2.29. The lowest BCUT2D eigenvalue weighted by atomic mass is 10.1. The number of hydrogen-bond acceptors (Lipinski definition) is 2. The van der Waals surface area contributed by atoms with Crippen LogP contribution in [0.25, 0.3) is 0 Å². The van der Waals surface area contributed by atoms with Crippen LogP contribution in [0.2, 0.25) is 0 Å². The molecule has 0 saturated heterocycles. The van der Waals surface area contributed by atoms with Gasteiger partial charge in [-0.1, -0.05) is 38.1 Å². The van der Waals surface area contributed by atoms with E-state index in [9.17, 15) is 0 Å². The largest absolute Gasteiger partial charge is 0.311 e. The fourth-order valence-electron chi connectivity index (χ4n) is 1.86. The summed E-state index contributed by atoms with van der Waals surface area (Å²) in [6.45, 7) is 14.6. The molecule has 0 fully saturated rings. The number of nitrogens with one attached hydrogen (secondary N) is 1. The normalized spacial score (nSPS) is 13.8. The Balaban J connectivity index is 2.53. The van der Waals surface area contributed by atoms with Gasteiger partial charge in [-0.2, -0.15) is 11.8 Å². The molecule has 0 bridgehead atoms. The van der Waals surface area contributed by atoms with Crippen LogP contribution < -0.4 is 5.32 Å². The number of benzene rings is 1. The Kier molecular flexibility index (Phi) is 6.41. The van der Waals surface area contributed by atoms with Crippen molar-refractivity contribution in [3.63, 3.8) is 0 Å². The summed E-state index contributed by atoms with van der Waals surface area (Å²) in [5.74, 6) is 1.81. The summed E-state index contributed by atoms with van der Waals surface area (Å²) in [4.78, 5) is 0. The van der Waals surface area contributed by atoms with Crippen LogP contribution in [0.1, 0.15) is 45.7 Å². The molecule has 1 rings (SSSR count). The van der Waals surface area contributed by atoms with Crippen LogP contribution in [0.4, 0.5) is 0 Å². The maximum absolute atomic E-state index is 3.63. The Morgan fingerprint density at radius 1 is 1.16 bits per heavy atom. The average molecular weight is 279 g/mol. The van der Waals surface area contributed by atoms with Gasteiger partial charge in [0.25, 0.3) is 0 Å². The molecule has 1 aromatic carbocycles. The second kappa shape index (κ2) is 7.35. The predicted octanol–water partition coefficient (Wildman–Crippen LogP) is 4.64. The minimum Gasteiger partial charge on any atom is -0.311 e. The maximum atomic E-state index is 3.63. The van der Waals surface area contributed by atoms with Gasteiger partial charge in [-0.3, -0.25) is 0 Å². The third kappa shape index (κ3) is 6.49. The summed E-state index contributed by atoms with van der Waals surface area (Å²) in [6.07, 6.45) is 0. The van der Waals surface area contributed by atoms with E-state index in [0.29, 0.717) is 11.2 Å². The molecule has 1 atom stereocenters. The van der Waals surface area contributed by atoms with Crippen LogP contribution >= 0.6 is 11.8 Å². The van der Waals surface area contributed by atoms with Crippen molar-refractivity contribution in [2.45, 2.75) is 58.1 Å². The van der Waals surface area contributed by atoms with E-state index in [-0.39, 0.29) is 5.54 Å². The van der Waals surface area contributed by atoms with Crippen LogP contribution in [0.5, 0.6) is 0 Å². The van der Waals surface area contributed by atoms with Crippen molar-refractivity contribution >= 4 is 11.8 Å². The van der Waals surface area contributed by atoms with E-state index < -0.39 is 0 Å². The van der Waals surface area contributed by atoms with Gasteiger partial charge in [0.15, 0.2) is 0 Å². The highest BCUT2D eigenvalue weighted by Gasteiger charge is 2.17. The van der Waals surface area contributed by atoms with E-state index in [1.54, 1.807) is 0 Å². The van der Waals surface area contributed by atoms with Gasteiger partial charge >= 0.3 is 0 Å². The predicted molar refractivity (Wildman–Crippen MR) is 88.9 cm³/mol. The Hall–Kier alpha value is -0.470. The van der Waals surface area contributed by atoms with E-state index in [2.05, 4.69) is 82.9 Å². The molecule has 1 nitrogen and oxygen atoms in total. The van der Waals surface area contributed by atoms with Crippen LogP contribution in [0.3, 0.4) is 0 Å². The summed E-state index contributed by atoms with van der Waals surface area (Å²) in [7, 11) is 0. The number of aryl methyl sites for hydroxylation is 1. The molecule has 0 saturated carbocycles. The summed E-state index contributed by atoms with van der Waals surface area (Å²) >= 11 is 2.08. The first-order valence-corrected chi connectivity index (χ1v) is 8.25. The molecule has 0 heterocycles. The minimum absolute atomic E-state index is 0.205. The molecule has 0 aliphatic heterocycles. The molecule has 0 spiro atoms. The summed E-state index contributed by atoms with van der Waals surface area (Å²) in [5, 5.41) is 4.30. The lowest BCUT2D eigenvalue weighted by Crippen LogP contribution is -2.41. The van der Waals surface area contributed by atoms with Crippen LogP contribution in [0.15, 0.2) is 24.3 Å². The molecule has 0 amide bonds. The van der Waals surface area contributed by atoms with Crippen molar-refractivity contribution in [2.75, 3.05) is 6.54 Å². The lowest BCUT2D eigenvalue weighted by molar-refractivity contribution is 0.408. The number of rotatable bonds is 6. The quantitative estimate of drug-likeness (QED) is 0.814. The minimum atomic E-state index is 0.205. The first-order chi connectivity index (χ1) is 8.79. The second-order valence-corrected chi connectivity index (χ2v) is 7.88. The Labute approximate surface area is 123 Å². The molecular formula is C17H29NS. The Bertz CT molecular complexity index is 379. The highest BCUT2D eigenvalue weighted by atomic mass is 32.2. The lowest BCUT2D eigenvalue weighted by Gasteiger charge is -2.27. The zero-order valence-electron chi connectivity index (χ0n) is 13.3. The molecule has 19 heavy (non-hydrogen) atoms. The van der Waals surface area contributed by atoms with Gasteiger partial charge in [-0.25, -0.2) is 0 Å². The standard InChI is InChI=1S/C17H29NS/c1-13(2)16(11-18-17(4,5)6)19-12-15-10-8-7-9-14(15)3/h7-10,13,16,18H,11-12H2,1-6H3. The van der Waals surface area contributed by atoms with Crippen LogP contribution in [-0.4, -0.2) is 17.3 Å². The van der Waals surface area contributed by atoms with Crippen LogP contribution in [0, 0.1) is 12.8 Å². The van der Waals surface area contributed by atoms with Crippen molar-refractivity contribution in [2.24, 2.45) is 5.92 Å². The molecule has 1 unspecified atom stereocenters. The van der Waals surface area contributed by atoms with Gasteiger partial charge in [0.1, 0.15) is 0 Å². The van der Waals surface area contributed by atoms with E-state index in [4.69, 9.17) is 0 Å². The topological polar surface area (TPSA) is 12.0 Å². The summed E-state index contributed by atoms with van der Waals surface area (Å²) in [5.41, 5.74) is 3.08. The van der Waals surface area contributed by atoms with Crippen molar-refractivity contribution < 1.29 is 0 Å². The third-order valence-electron chi connectivity index (χ3n) is 3.29. The number of thioether (sulfide) groups is 1. The van der Waals surface area contributed by atoms with Gasteiger partial charge < -0.3 is 5.32 Å². The summed E-state index contributed by atoms with van der Waals surface area (Å²) < 4.78 is 0. The second-order valence-electron chi connectivity index (χ2n) is 6.65. The Morgan fingerprint density at radius 2 is 1.79 bits per heavy atom. The third-order valence-corrected chi connectivity index (χ3v) is 4.91. The van der Waals surface area contributed by atoms with Crippen molar-refractivity contribution in [1.29, 1.82) is 0 Å². The highest BCUT2D eigenvalue weighted by Crippen LogP contribution is 2.25. The van der Waals surface area contributed by atoms with E-state index in [0.717, 1.165) is 12.3 Å². The van der Waals surface area contributed by atoms with Gasteiger partial charge in [0.2, 0.25) is 0 Å². The molecule has 2 heteroatoms. The van der Waals surface area contributed by atoms with Gasteiger partial charge in [0, 0.05) is 23.1 Å². The van der Waals surface area contributed by atoms with Crippen molar-refractivity contribution in [1.82, 2.24) is 5.32 Å². The fourth-order valence-corrected chi connectivity index (χ4v) is 3.17. The highest BCUT2D eigenvalue weighted by molar-refractivity contribution is 7.99. The maximum Gasteiger partial charge on any atom is 0.0198 e.